The molecule has 0 atom stereocenters. The van der Waals surface area contributed by atoms with E-state index in [4.69, 9.17) is 4.74 Å². The maximum Gasteiger partial charge on any atom is 0.213 e. The monoisotopic (exact) mass is 195 g/mol. The quantitative estimate of drug-likeness (QED) is 0.642. The largest absolute Gasteiger partial charge is 0.381 e. The summed E-state index contributed by atoms with van der Waals surface area (Å²) in [6, 6.07) is 3.43. The lowest BCUT2D eigenvalue weighted by Crippen LogP contribution is -2.15. The number of aromatic nitrogens is 1. The van der Waals surface area contributed by atoms with E-state index >= 15 is 0 Å². The molecule has 0 radical (unpaired) electrons. The summed E-state index contributed by atoms with van der Waals surface area (Å²) in [5.74, 6) is 0.00430. The molecule has 1 fully saturated rings. The molecular weight excluding hydrogens is 181 g/mol. The predicted molar refractivity (Wildman–Crippen MR) is 51.7 cm³/mol. The highest BCUT2D eigenvalue weighted by Gasteiger charge is 2.17. The molecule has 0 N–H and O–H groups in total. The third-order valence-corrected chi connectivity index (χ3v) is 2.60. The molecule has 0 aromatic carbocycles. The summed E-state index contributed by atoms with van der Waals surface area (Å²) < 4.78 is 18.3. The van der Waals surface area contributed by atoms with Crippen LogP contribution in [0.3, 0.4) is 0 Å². The van der Waals surface area contributed by atoms with Crippen molar-refractivity contribution in [3.63, 3.8) is 0 Å². The molecule has 1 aliphatic rings. The third-order valence-electron chi connectivity index (χ3n) is 2.60. The number of hydrogen-bond acceptors (Lipinski definition) is 2. The molecule has 76 valence electrons. The Morgan fingerprint density at radius 1 is 1.36 bits per heavy atom. The molecule has 0 unspecified atom stereocenters. The van der Waals surface area contributed by atoms with E-state index in [-0.39, 0.29) is 5.95 Å². The van der Waals surface area contributed by atoms with E-state index in [0.29, 0.717) is 5.92 Å². The van der Waals surface area contributed by atoms with Crippen LogP contribution in [-0.2, 0) is 4.74 Å². The summed E-state index contributed by atoms with van der Waals surface area (Å²) in [6.45, 7) is 3.43. The highest BCUT2D eigenvalue weighted by atomic mass is 19.1. The first-order valence-electron chi connectivity index (χ1n) is 4.97. The van der Waals surface area contributed by atoms with Gasteiger partial charge >= 0.3 is 0 Å². The van der Waals surface area contributed by atoms with Crippen molar-refractivity contribution in [1.29, 1.82) is 0 Å². The highest BCUT2D eigenvalue weighted by molar-refractivity contribution is 5.18. The summed E-state index contributed by atoms with van der Waals surface area (Å²) in [5, 5.41) is 0. The van der Waals surface area contributed by atoms with E-state index in [1.807, 2.05) is 13.0 Å². The molecule has 2 rings (SSSR count). The van der Waals surface area contributed by atoms with Crippen molar-refractivity contribution in [3.8, 4) is 0 Å². The standard InChI is InChI=1S/C11H14FNO/c1-8-6-10(13-11(12)7-8)9-2-4-14-5-3-9/h6-7,9H,2-5H2,1H3. The summed E-state index contributed by atoms with van der Waals surface area (Å²) in [5.41, 5.74) is 1.82. The molecule has 1 aromatic rings. The van der Waals surface area contributed by atoms with Crippen LogP contribution in [0, 0.1) is 12.9 Å². The van der Waals surface area contributed by atoms with E-state index in [9.17, 15) is 4.39 Å². The number of ether oxygens (including phenoxy) is 1. The Morgan fingerprint density at radius 2 is 2.07 bits per heavy atom. The van der Waals surface area contributed by atoms with E-state index in [2.05, 4.69) is 4.98 Å². The van der Waals surface area contributed by atoms with Crippen LogP contribution in [0.15, 0.2) is 12.1 Å². The van der Waals surface area contributed by atoms with Gasteiger partial charge in [0.25, 0.3) is 0 Å². The van der Waals surface area contributed by atoms with Crippen LogP contribution in [-0.4, -0.2) is 18.2 Å². The van der Waals surface area contributed by atoms with Gasteiger partial charge in [-0.1, -0.05) is 0 Å². The lowest BCUT2D eigenvalue weighted by atomic mass is 9.95. The first kappa shape index (κ1) is 9.59. The van der Waals surface area contributed by atoms with Crippen molar-refractivity contribution in [3.05, 3.63) is 29.3 Å². The second-order valence-corrected chi connectivity index (χ2v) is 3.78. The van der Waals surface area contributed by atoms with Crippen LogP contribution in [0.4, 0.5) is 4.39 Å². The van der Waals surface area contributed by atoms with Crippen molar-refractivity contribution < 1.29 is 9.13 Å². The summed E-state index contributed by atoms with van der Waals surface area (Å²) in [4.78, 5) is 3.94. The van der Waals surface area contributed by atoms with E-state index < -0.39 is 0 Å². The van der Waals surface area contributed by atoms with Gasteiger partial charge < -0.3 is 4.74 Å². The minimum Gasteiger partial charge on any atom is -0.381 e. The Hall–Kier alpha value is -0.960. The zero-order valence-corrected chi connectivity index (χ0v) is 8.29. The van der Waals surface area contributed by atoms with Gasteiger partial charge in [-0.15, -0.1) is 0 Å². The Kier molecular flexibility index (Phi) is 2.77. The molecule has 1 aromatic heterocycles. The maximum absolute atomic E-state index is 13.0. The Morgan fingerprint density at radius 3 is 2.71 bits per heavy atom. The van der Waals surface area contributed by atoms with Gasteiger partial charge in [-0.2, -0.15) is 4.39 Å². The number of hydrogen-bond donors (Lipinski definition) is 0. The summed E-state index contributed by atoms with van der Waals surface area (Å²) >= 11 is 0. The van der Waals surface area contributed by atoms with E-state index in [1.54, 1.807) is 0 Å². The molecule has 2 nitrogen and oxygen atoms in total. The van der Waals surface area contributed by atoms with Gasteiger partial charge in [0.1, 0.15) is 0 Å². The molecule has 1 saturated heterocycles. The van der Waals surface area contributed by atoms with Gasteiger partial charge in [0.15, 0.2) is 0 Å². The van der Waals surface area contributed by atoms with Crippen molar-refractivity contribution >= 4 is 0 Å². The SMILES string of the molecule is Cc1cc(F)nc(C2CCOCC2)c1. The Balaban J connectivity index is 2.21. The number of nitrogens with zero attached hydrogens (tertiary/aromatic N) is 1. The van der Waals surface area contributed by atoms with Crippen LogP contribution in [0.1, 0.15) is 30.0 Å². The zero-order valence-electron chi connectivity index (χ0n) is 8.29. The molecule has 14 heavy (non-hydrogen) atoms. The number of aryl methyl sites for hydroxylation is 1. The lowest BCUT2D eigenvalue weighted by molar-refractivity contribution is 0.0843. The van der Waals surface area contributed by atoms with Gasteiger partial charge in [-0.05, 0) is 37.5 Å². The fourth-order valence-electron chi connectivity index (χ4n) is 1.85. The van der Waals surface area contributed by atoms with E-state index in [1.165, 1.54) is 6.07 Å². The van der Waals surface area contributed by atoms with Gasteiger partial charge in [0, 0.05) is 24.8 Å². The number of pyridine rings is 1. The molecular formula is C11H14FNO. The summed E-state index contributed by atoms with van der Waals surface area (Å²) in [6.07, 6.45) is 1.91. The Labute approximate surface area is 83.1 Å². The second kappa shape index (κ2) is 4.05. The number of halogens is 1. The molecule has 0 amide bonds. The van der Waals surface area contributed by atoms with Crippen molar-refractivity contribution in [2.24, 2.45) is 0 Å². The summed E-state index contributed by atoms with van der Waals surface area (Å²) in [7, 11) is 0. The fourth-order valence-corrected chi connectivity index (χ4v) is 1.85. The predicted octanol–water partition coefficient (Wildman–Crippen LogP) is 2.42. The van der Waals surface area contributed by atoms with Crippen LogP contribution < -0.4 is 0 Å². The molecule has 0 saturated carbocycles. The maximum atomic E-state index is 13.0. The molecule has 3 heteroatoms. The number of rotatable bonds is 1. The van der Waals surface area contributed by atoms with Gasteiger partial charge in [-0.25, -0.2) is 4.98 Å². The zero-order chi connectivity index (χ0) is 9.97. The van der Waals surface area contributed by atoms with Crippen LogP contribution in [0.5, 0.6) is 0 Å². The minimum absolute atomic E-state index is 0.369. The molecule has 0 aliphatic carbocycles. The van der Waals surface area contributed by atoms with Gasteiger partial charge in [-0.3, -0.25) is 0 Å². The first-order chi connectivity index (χ1) is 6.75. The average molecular weight is 195 g/mol. The van der Waals surface area contributed by atoms with E-state index in [0.717, 1.165) is 37.3 Å². The first-order valence-corrected chi connectivity index (χ1v) is 4.97. The van der Waals surface area contributed by atoms with Crippen molar-refractivity contribution in [2.45, 2.75) is 25.7 Å². The third kappa shape index (κ3) is 2.10. The normalized spacial score (nSPS) is 18.4. The molecule has 1 aliphatic heterocycles. The minimum atomic E-state index is -0.369. The molecule has 0 spiro atoms. The van der Waals surface area contributed by atoms with Crippen LogP contribution in [0.25, 0.3) is 0 Å². The Bertz CT molecular complexity index is 301. The van der Waals surface area contributed by atoms with Crippen LogP contribution in [0.2, 0.25) is 0 Å². The second-order valence-electron chi connectivity index (χ2n) is 3.78. The van der Waals surface area contributed by atoms with Crippen molar-refractivity contribution in [2.75, 3.05) is 13.2 Å². The smallest absolute Gasteiger partial charge is 0.213 e. The van der Waals surface area contributed by atoms with Gasteiger partial charge in [0.05, 0.1) is 0 Å². The van der Waals surface area contributed by atoms with Crippen LogP contribution >= 0.6 is 0 Å². The van der Waals surface area contributed by atoms with Crippen molar-refractivity contribution in [1.82, 2.24) is 4.98 Å². The molecule has 0 bridgehead atoms. The molecule has 2 heterocycles. The fraction of sp³-hybridized carbons (Fsp3) is 0.545. The van der Waals surface area contributed by atoms with Gasteiger partial charge in [0.2, 0.25) is 5.95 Å². The topological polar surface area (TPSA) is 22.1 Å². The highest BCUT2D eigenvalue weighted by Crippen LogP contribution is 2.25. The lowest BCUT2D eigenvalue weighted by Gasteiger charge is -2.21. The average Bonchev–Trinajstić information content (AvgIpc) is 2.18.